The molecule has 2 N–H and O–H groups in total. The Morgan fingerprint density at radius 1 is 1.17 bits per heavy atom. The summed E-state index contributed by atoms with van der Waals surface area (Å²) in [6.07, 6.45) is 0. The number of nitro benzene ring substituents is 1. The van der Waals surface area contributed by atoms with E-state index in [1.807, 2.05) is 12.1 Å². The van der Waals surface area contributed by atoms with Gasteiger partial charge in [-0.3, -0.25) is 14.9 Å². The van der Waals surface area contributed by atoms with Crippen LogP contribution in [0.1, 0.15) is 10.4 Å². The van der Waals surface area contributed by atoms with Gasteiger partial charge in [-0.2, -0.15) is 0 Å². The molecule has 2 aromatic carbocycles. The second-order valence-electron chi connectivity index (χ2n) is 4.75. The summed E-state index contributed by atoms with van der Waals surface area (Å²) in [5.41, 5.74) is 6.86. The molecule has 6 nitrogen and oxygen atoms in total. The number of carbonyl (C=O) groups excluding carboxylic acids is 1. The lowest BCUT2D eigenvalue weighted by Gasteiger charge is -2.22. The molecule has 0 saturated carbocycles. The van der Waals surface area contributed by atoms with Crippen LogP contribution in [0.4, 0.5) is 11.4 Å². The van der Waals surface area contributed by atoms with Gasteiger partial charge in [0.15, 0.2) is 0 Å². The van der Waals surface area contributed by atoms with Crippen LogP contribution in [0.15, 0.2) is 52.3 Å². The predicted octanol–water partition coefficient (Wildman–Crippen LogP) is 3.09. The van der Waals surface area contributed by atoms with Crippen molar-refractivity contribution in [1.29, 1.82) is 0 Å². The Labute approximate surface area is 143 Å². The van der Waals surface area contributed by atoms with Crippen LogP contribution in [-0.2, 0) is 0 Å². The zero-order chi connectivity index (χ0) is 15.7. The summed E-state index contributed by atoms with van der Waals surface area (Å²) in [7, 11) is 0. The minimum atomic E-state index is -0.438. The maximum atomic E-state index is 12.7. The predicted molar refractivity (Wildman–Crippen MR) is 91.6 cm³/mol. The lowest BCUT2D eigenvalue weighted by atomic mass is 10.1. The first-order chi connectivity index (χ1) is 10.6. The average molecular weight is 352 g/mol. The number of nitrogens with zero attached hydrogens (tertiary/aromatic N) is 2. The highest BCUT2D eigenvalue weighted by Gasteiger charge is 2.27. The van der Waals surface area contributed by atoms with E-state index in [0.29, 0.717) is 29.2 Å². The van der Waals surface area contributed by atoms with Gasteiger partial charge < -0.3 is 10.6 Å². The summed E-state index contributed by atoms with van der Waals surface area (Å²) < 4.78 is 0. The standard InChI is InChI=1S/C15H13N3O3S.ClH/c16-7-8-17-12-6-5-10(18(20)21)9-14(12)22-13-4-2-1-3-11(13)15(17)19;/h1-6,9H,7-8,16H2;1H. The van der Waals surface area contributed by atoms with E-state index >= 15 is 0 Å². The van der Waals surface area contributed by atoms with Gasteiger partial charge in [0, 0.05) is 35.0 Å². The Bertz CT molecular complexity index is 769. The van der Waals surface area contributed by atoms with Crippen molar-refractivity contribution in [3.63, 3.8) is 0 Å². The molecular weight excluding hydrogens is 338 g/mol. The number of halogens is 1. The van der Waals surface area contributed by atoms with E-state index in [4.69, 9.17) is 5.73 Å². The Morgan fingerprint density at radius 3 is 2.61 bits per heavy atom. The van der Waals surface area contributed by atoms with Crippen molar-refractivity contribution in [1.82, 2.24) is 0 Å². The lowest BCUT2D eigenvalue weighted by molar-refractivity contribution is -0.385. The van der Waals surface area contributed by atoms with Gasteiger partial charge in [-0.25, -0.2) is 0 Å². The molecule has 3 rings (SSSR count). The lowest BCUT2D eigenvalue weighted by Crippen LogP contribution is -2.35. The van der Waals surface area contributed by atoms with Gasteiger partial charge in [-0.1, -0.05) is 23.9 Å². The summed E-state index contributed by atoms with van der Waals surface area (Å²) >= 11 is 1.36. The van der Waals surface area contributed by atoms with Gasteiger partial charge in [0.2, 0.25) is 0 Å². The molecule has 1 heterocycles. The summed E-state index contributed by atoms with van der Waals surface area (Å²) in [4.78, 5) is 26.3. The molecule has 1 aliphatic heterocycles. The van der Waals surface area contributed by atoms with Crippen molar-refractivity contribution in [2.75, 3.05) is 18.0 Å². The van der Waals surface area contributed by atoms with Gasteiger partial charge in [0.25, 0.3) is 11.6 Å². The van der Waals surface area contributed by atoms with Gasteiger partial charge in [0.05, 0.1) is 16.2 Å². The van der Waals surface area contributed by atoms with Crippen LogP contribution in [-0.4, -0.2) is 23.9 Å². The van der Waals surface area contributed by atoms with Crippen LogP contribution in [0.25, 0.3) is 0 Å². The summed E-state index contributed by atoms with van der Waals surface area (Å²) in [6, 6.07) is 11.8. The third-order valence-corrected chi connectivity index (χ3v) is 4.50. The van der Waals surface area contributed by atoms with Gasteiger partial charge in [-0.15, -0.1) is 12.4 Å². The summed E-state index contributed by atoms with van der Waals surface area (Å²) in [5.74, 6) is -0.138. The van der Waals surface area contributed by atoms with Gasteiger partial charge in [0.1, 0.15) is 0 Å². The number of carbonyl (C=O) groups is 1. The van der Waals surface area contributed by atoms with E-state index in [2.05, 4.69) is 0 Å². The molecule has 0 aliphatic carbocycles. The fourth-order valence-electron chi connectivity index (χ4n) is 2.38. The van der Waals surface area contributed by atoms with E-state index in [1.54, 1.807) is 23.1 Å². The van der Waals surface area contributed by atoms with Crippen molar-refractivity contribution < 1.29 is 9.72 Å². The normalized spacial score (nSPS) is 12.7. The summed E-state index contributed by atoms with van der Waals surface area (Å²) in [6.45, 7) is 0.674. The van der Waals surface area contributed by atoms with Crippen molar-refractivity contribution in [3.8, 4) is 0 Å². The molecule has 2 aromatic rings. The van der Waals surface area contributed by atoms with Crippen molar-refractivity contribution in [2.24, 2.45) is 5.73 Å². The molecule has 0 bridgehead atoms. The van der Waals surface area contributed by atoms with Crippen molar-refractivity contribution >= 4 is 41.5 Å². The number of nitro groups is 1. The Balaban J connectivity index is 0.00000192. The molecule has 0 unspecified atom stereocenters. The second-order valence-corrected chi connectivity index (χ2v) is 5.84. The average Bonchev–Trinajstić information content (AvgIpc) is 2.63. The molecule has 120 valence electrons. The first-order valence-corrected chi connectivity index (χ1v) is 7.50. The minimum absolute atomic E-state index is 0. The molecule has 0 atom stereocenters. The first-order valence-electron chi connectivity index (χ1n) is 6.69. The number of nitrogens with two attached hydrogens (primary N) is 1. The van der Waals surface area contributed by atoms with E-state index < -0.39 is 4.92 Å². The SMILES string of the molecule is Cl.NCCN1C(=O)c2ccccc2Sc2cc([N+](=O)[O-])ccc21. The molecule has 0 aromatic heterocycles. The maximum absolute atomic E-state index is 12.7. The number of rotatable bonds is 3. The van der Waals surface area contributed by atoms with Crippen LogP contribution < -0.4 is 10.6 Å². The van der Waals surface area contributed by atoms with Crippen molar-refractivity contribution in [3.05, 3.63) is 58.1 Å². The largest absolute Gasteiger partial charge is 0.329 e. The molecule has 0 radical (unpaired) electrons. The zero-order valence-electron chi connectivity index (χ0n) is 12.0. The quantitative estimate of drug-likeness (QED) is 0.678. The number of hydrogen-bond donors (Lipinski definition) is 1. The van der Waals surface area contributed by atoms with Crippen LogP contribution in [0, 0.1) is 10.1 Å². The monoisotopic (exact) mass is 351 g/mol. The fraction of sp³-hybridized carbons (Fsp3) is 0.133. The molecular formula is C15H14ClN3O3S. The zero-order valence-corrected chi connectivity index (χ0v) is 13.6. The maximum Gasteiger partial charge on any atom is 0.270 e. The summed E-state index contributed by atoms with van der Waals surface area (Å²) in [5, 5.41) is 11.0. The number of anilines is 1. The smallest absolute Gasteiger partial charge is 0.270 e. The highest BCUT2D eigenvalue weighted by Crippen LogP contribution is 2.42. The number of benzene rings is 2. The second kappa shape index (κ2) is 6.99. The fourth-order valence-corrected chi connectivity index (χ4v) is 3.49. The van der Waals surface area contributed by atoms with Gasteiger partial charge in [-0.05, 0) is 18.2 Å². The molecule has 1 amide bonds. The third-order valence-electron chi connectivity index (χ3n) is 3.38. The van der Waals surface area contributed by atoms with Crippen LogP contribution >= 0.6 is 24.2 Å². The number of non-ortho nitro benzene ring substituents is 1. The van der Waals surface area contributed by atoms with E-state index in [-0.39, 0.29) is 24.0 Å². The Morgan fingerprint density at radius 2 is 1.91 bits per heavy atom. The van der Waals surface area contributed by atoms with Crippen LogP contribution in [0.5, 0.6) is 0 Å². The highest BCUT2D eigenvalue weighted by molar-refractivity contribution is 7.99. The first kappa shape index (κ1) is 17.3. The topological polar surface area (TPSA) is 89.5 Å². The Hall–Kier alpha value is -2.09. The van der Waals surface area contributed by atoms with E-state index in [9.17, 15) is 14.9 Å². The van der Waals surface area contributed by atoms with Crippen LogP contribution in [0.3, 0.4) is 0 Å². The van der Waals surface area contributed by atoms with E-state index in [1.165, 1.54) is 23.9 Å². The third kappa shape index (κ3) is 3.17. The molecule has 0 spiro atoms. The molecule has 23 heavy (non-hydrogen) atoms. The molecule has 0 fully saturated rings. The van der Waals surface area contributed by atoms with Crippen LogP contribution in [0.2, 0.25) is 0 Å². The number of fused-ring (bicyclic) bond motifs is 2. The molecule has 1 aliphatic rings. The number of amides is 1. The minimum Gasteiger partial charge on any atom is -0.329 e. The van der Waals surface area contributed by atoms with Gasteiger partial charge >= 0.3 is 0 Å². The number of hydrogen-bond acceptors (Lipinski definition) is 5. The Kier molecular flexibility index (Phi) is 5.25. The van der Waals surface area contributed by atoms with E-state index in [0.717, 1.165) is 4.90 Å². The highest BCUT2D eigenvalue weighted by atomic mass is 35.5. The molecule has 0 saturated heterocycles. The van der Waals surface area contributed by atoms with Crippen molar-refractivity contribution in [2.45, 2.75) is 9.79 Å². The molecule has 8 heteroatoms.